The van der Waals surface area contributed by atoms with E-state index in [-0.39, 0.29) is 31.6 Å². The number of carbonyl (C=O) groups is 2. The average molecular weight is 441 g/mol. The molecule has 9 heteroatoms. The highest BCUT2D eigenvalue weighted by Crippen LogP contribution is 2.16. The predicted molar refractivity (Wildman–Crippen MR) is 118 cm³/mol. The van der Waals surface area contributed by atoms with Gasteiger partial charge in [0.25, 0.3) is 5.91 Å². The number of ether oxygens (including phenoxy) is 2. The molecule has 0 saturated heterocycles. The van der Waals surface area contributed by atoms with E-state index < -0.39 is 12.3 Å². The molecule has 0 saturated carbocycles. The van der Waals surface area contributed by atoms with Crippen LogP contribution in [0.2, 0.25) is 0 Å². The minimum absolute atomic E-state index is 0.00734. The summed E-state index contributed by atoms with van der Waals surface area (Å²) in [4.78, 5) is 23.0. The Balaban J connectivity index is 1.65. The van der Waals surface area contributed by atoms with E-state index in [1.807, 2.05) is 18.2 Å². The first-order valence-electron chi connectivity index (χ1n) is 10.2. The molecule has 4 N–H and O–H groups in total. The van der Waals surface area contributed by atoms with E-state index in [2.05, 4.69) is 16.0 Å². The molecule has 0 fully saturated rings. The van der Waals surface area contributed by atoms with Crippen LogP contribution in [0.5, 0.6) is 11.5 Å². The zero-order valence-corrected chi connectivity index (χ0v) is 18.1. The van der Waals surface area contributed by atoms with Gasteiger partial charge in [-0.1, -0.05) is 24.3 Å². The summed E-state index contributed by atoms with van der Waals surface area (Å²) in [6.45, 7) is 3.67. The van der Waals surface area contributed by atoms with Crippen LogP contribution in [0, 0.1) is 11.3 Å². The van der Waals surface area contributed by atoms with Gasteiger partial charge in [-0.25, -0.2) is 0 Å². The molecule has 2 amide bonds. The fourth-order valence-corrected chi connectivity index (χ4v) is 2.66. The molecular weight excluding hydrogens is 412 g/mol. The van der Waals surface area contributed by atoms with Crippen LogP contribution >= 0.6 is 0 Å². The van der Waals surface area contributed by atoms with Crippen molar-refractivity contribution in [3.63, 3.8) is 0 Å². The summed E-state index contributed by atoms with van der Waals surface area (Å²) >= 11 is 0. The number of amides is 2. The number of aliphatic hydroxyl groups excluding tert-OH is 1. The third-order valence-corrected chi connectivity index (χ3v) is 4.31. The van der Waals surface area contributed by atoms with Crippen LogP contribution in [0.1, 0.15) is 25.0 Å². The first-order valence-corrected chi connectivity index (χ1v) is 10.2. The summed E-state index contributed by atoms with van der Waals surface area (Å²) in [5, 5.41) is 27.5. The standard InChI is InChI=1S/C23H28N4O5/c1-16(25-13-20(29)14-32-22-6-4-3-5-19(22)11-24)27-23(30)15-31-21-9-7-18(8-10-21)12-26-17(2)28/h3-10,16,20,25,29H,12-15H2,1-2H3,(H,26,28)(H,27,30). The molecular formula is C23H28N4O5. The van der Waals surface area contributed by atoms with Crippen molar-refractivity contribution in [2.24, 2.45) is 0 Å². The fraction of sp³-hybridized carbons (Fsp3) is 0.348. The molecule has 2 atom stereocenters. The number of nitriles is 1. The van der Waals surface area contributed by atoms with Gasteiger partial charge in [0.2, 0.25) is 5.91 Å². The van der Waals surface area contributed by atoms with Gasteiger partial charge in [-0.15, -0.1) is 0 Å². The van der Waals surface area contributed by atoms with E-state index in [9.17, 15) is 14.7 Å². The van der Waals surface area contributed by atoms with Crippen LogP contribution in [-0.2, 0) is 16.1 Å². The number of aliphatic hydroxyl groups is 1. The van der Waals surface area contributed by atoms with E-state index in [0.29, 0.717) is 23.6 Å². The number of nitrogens with zero attached hydrogens (tertiary/aromatic N) is 1. The Morgan fingerprint density at radius 3 is 2.53 bits per heavy atom. The highest BCUT2D eigenvalue weighted by Gasteiger charge is 2.12. The average Bonchev–Trinajstić information content (AvgIpc) is 2.79. The molecule has 2 rings (SSSR count). The minimum Gasteiger partial charge on any atom is -0.489 e. The van der Waals surface area contributed by atoms with Crippen molar-refractivity contribution in [1.82, 2.24) is 16.0 Å². The largest absolute Gasteiger partial charge is 0.489 e. The van der Waals surface area contributed by atoms with Crippen molar-refractivity contribution in [1.29, 1.82) is 5.26 Å². The molecule has 170 valence electrons. The third kappa shape index (κ3) is 9.04. The minimum atomic E-state index is -0.826. The molecule has 9 nitrogen and oxygen atoms in total. The molecule has 0 spiro atoms. The smallest absolute Gasteiger partial charge is 0.259 e. The van der Waals surface area contributed by atoms with E-state index in [0.717, 1.165) is 5.56 Å². The van der Waals surface area contributed by atoms with Crippen LogP contribution in [0.25, 0.3) is 0 Å². The first-order chi connectivity index (χ1) is 15.4. The molecule has 0 aliphatic rings. The maximum absolute atomic E-state index is 12.1. The maximum Gasteiger partial charge on any atom is 0.259 e. The SMILES string of the molecule is CC(=O)NCc1ccc(OCC(=O)NC(C)NCC(O)COc2ccccc2C#N)cc1. The van der Waals surface area contributed by atoms with Gasteiger partial charge in [0.15, 0.2) is 6.61 Å². The van der Waals surface area contributed by atoms with Crippen LogP contribution in [-0.4, -0.2) is 48.9 Å². The van der Waals surface area contributed by atoms with E-state index in [4.69, 9.17) is 14.7 Å². The van der Waals surface area contributed by atoms with Gasteiger partial charge < -0.3 is 25.2 Å². The number of benzene rings is 2. The molecule has 2 aromatic rings. The molecule has 0 aromatic heterocycles. The number of hydrogen-bond acceptors (Lipinski definition) is 7. The highest BCUT2D eigenvalue weighted by molar-refractivity contribution is 5.77. The van der Waals surface area contributed by atoms with Crippen molar-refractivity contribution < 1.29 is 24.2 Å². The Bertz CT molecular complexity index is 927. The maximum atomic E-state index is 12.1. The molecule has 2 aromatic carbocycles. The van der Waals surface area contributed by atoms with Crippen molar-refractivity contribution >= 4 is 11.8 Å². The Morgan fingerprint density at radius 1 is 1.12 bits per heavy atom. The second-order valence-electron chi connectivity index (χ2n) is 7.11. The Hall–Kier alpha value is -3.61. The quantitative estimate of drug-likeness (QED) is 0.363. The Labute approximate surface area is 187 Å². The summed E-state index contributed by atoms with van der Waals surface area (Å²) in [5.74, 6) is 0.531. The number of nitrogens with one attached hydrogen (secondary N) is 3. The topological polar surface area (TPSA) is 133 Å². The summed E-state index contributed by atoms with van der Waals surface area (Å²) in [5.41, 5.74) is 1.32. The summed E-state index contributed by atoms with van der Waals surface area (Å²) < 4.78 is 10.9. The molecule has 32 heavy (non-hydrogen) atoms. The number of carbonyl (C=O) groups excluding carboxylic acids is 2. The summed E-state index contributed by atoms with van der Waals surface area (Å²) in [6, 6.07) is 15.9. The van der Waals surface area contributed by atoms with Gasteiger partial charge in [-0.2, -0.15) is 5.26 Å². The highest BCUT2D eigenvalue weighted by atomic mass is 16.5. The monoisotopic (exact) mass is 440 g/mol. The lowest BCUT2D eigenvalue weighted by molar-refractivity contribution is -0.124. The van der Waals surface area contributed by atoms with Crippen molar-refractivity contribution in [2.75, 3.05) is 19.8 Å². The molecule has 0 radical (unpaired) electrons. The zero-order valence-electron chi connectivity index (χ0n) is 18.1. The number of para-hydroxylation sites is 1. The van der Waals surface area contributed by atoms with Crippen LogP contribution in [0.3, 0.4) is 0 Å². The van der Waals surface area contributed by atoms with Crippen LogP contribution in [0.15, 0.2) is 48.5 Å². The van der Waals surface area contributed by atoms with Gasteiger partial charge in [-0.05, 0) is 36.8 Å². The third-order valence-electron chi connectivity index (χ3n) is 4.31. The second kappa shape index (κ2) is 12.9. The number of hydrogen-bond donors (Lipinski definition) is 4. The Morgan fingerprint density at radius 2 is 1.84 bits per heavy atom. The predicted octanol–water partition coefficient (Wildman–Crippen LogP) is 1.06. The van der Waals surface area contributed by atoms with Gasteiger partial charge in [0.05, 0.1) is 11.7 Å². The van der Waals surface area contributed by atoms with Crippen molar-refractivity contribution in [3.05, 3.63) is 59.7 Å². The summed E-state index contributed by atoms with van der Waals surface area (Å²) in [7, 11) is 0. The summed E-state index contributed by atoms with van der Waals surface area (Å²) in [6.07, 6.45) is -1.22. The van der Waals surface area contributed by atoms with Crippen molar-refractivity contribution in [2.45, 2.75) is 32.7 Å². The van der Waals surface area contributed by atoms with Gasteiger partial charge in [0, 0.05) is 20.0 Å². The lowest BCUT2D eigenvalue weighted by Gasteiger charge is -2.19. The Kier molecular flexibility index (Phi) is 9.97. The van der Waals surface area contributed by atoms with E-state index in [1.165, 1.54) is 6.92 Å². The van der Waals surface area contributed by atoms with Crippen LogP contribution < -0.4 is 25.4 Å². The fourth-order valence-electron chi connectivity index (χ4n) is 2.66. The molecule has 0 bridgehead atoms. The normalized spacial score (nSPS) is 12.2. The molecule has 0 heterocycles. The lowest BCUT2D eigenvalue weighted by Crippen LogP contribution is -2.47. The lowest BCUT2D eigenvalue weighted by atomic mass is 10.2. The zero-order chi connectivity index (χ0) is 23.3. The molecule has 0 aliphatic heterocycles. The number of rotatable bonds is 12. The van der Waals surface area contributed by atoms with Crippen LogP contribution in [0.4, 0.5) is 0 Å². The molecule has 0 aliphatic carbocycles. The van der Waals surface area contributed by atoms with E-state index in [1.54, 1.807) is 43.3 Å². The van der Waals surface area contributed by atoms with Crippen molar-refractivity contribution in [3.8, 4) is 17.6 Å². The van der Waals surface area contributed by atoms with Gasteiger partial charge >= 0.3 is 0 Å². The van der Waals surface area contributed by atoms with Gasteiger partial charge in [-0.3, -0.25) is 14.9 Å². The second-order valence-corrected chi connectivity index (χ2v) is 7.11. The molecule has 2 unspecified atom stereocenters. The first kappa shape index (κ1) is 24.7. The van der Waals surface area contributed by atoms with E-state index >= 15 is 0 Å². The van der Waals surface area contributed by atoms with Gasteiger partial charge in [0.1, 0.15) is 30.3 Å².